The fraction of sp³-hybridized carbons (Fsp3) is 0.500. The van der Waals surface area contributed by atoms with Crippen LogP contribution in [0.25, 0.3) is 10.3 Å². The number of nitrogen functional groups attached to an aromatic ring is 1. The summed E-state index contributed by atoms with van der Waals surface area (Å²) in [5.74, 6) is -1.72. The molecule has 0 radical (unpaired) electrons. The van der Waals surface area contributed by atoms with Gasteiger partial charge in [0.15, 0.2) is 11.9 Å². The van der Waals surface area contributed by atoms with E-state index in [1.165, 1.54) is 6.92 Å². The summed E-state index contributed by atoms with van der Waals surface area (Å²) < 4.78 is 12.2. The second-order valence-electron chi connectivity index (χ2n) is 5.81. The lowest BCUT2D eigenvalue weighted by Gasteiger charge is -2.19. The number of carbonyl (C=O) groups is 2. The van der Waals surface area contributed by atoms with Crippen molar-refractivity contribution in [3.8, 4) is 0 Å². The number of hydrogen-bond donors (Lipinski definition) is 3. The van der Waals surface area contributed by atoms with Gasteiger partial charge < -0.3 is 20.3 Å². The van der Waals surface area contributed by atoms with Gasteiger partial charge in [0.1, 0.15) is 10.8 Å². The predicted octanol–water partition coefficient (Wildman–Crippen LogP) is -0.187. The van der Waals surface area contributed by atoms with Crippen LogP contribution in [0.3, 0.4) is 0 Å². The maximum atomic E-state index is 12.4. The summed E-state index contributed by atoms with van der Waals surface area (Å²) in [6.45, 7) is 1.22. The number of carbonyl (C=O) groups excluding carboxylic acids is 1. The van der Waals surface area contributed by atoms with E-state index >= 15 is 0 Å². The van der Waals surface area contributed by atoms with Gasteiger partial charge in [0.25, 0.3) is 5.56 Å². The third-order valence-corrected chi connectivity index (χ3v) is 4.83. The Morgan fingerprint density at radius 2 is 2.23 bits per heavy atom. The second kappa shape index (κ2) is 6.88. The van der Waals surface area contributed by atoms with Crippen LogP contribution in [0.5, 0.6) is 0 Å². The molecular weight excluding hydrogens is 368 g/mol. The first-order valence-corrected chi connectivity index (χ1v) is 8.53. The van der Waals surface area contributed by atoms with Crippen LogP contribution in [0.1, 0.15) is 32.4 Å². The quantitative estimate of drug-likeness (QED) is 0.592. The fourth-order valence-electron chi connectivity index (χ4n) is 2.90. The van der Waals surface area contributed by atoms with Crippen LogP contribution in [0.15, 0.2) is 9.59 Å². The average molecular weight is 384 g/mol. The Labute approximate surface area is 149 Å². The van der Waals surface area contributed by atoms with Crippen LogP contribution in [-0.4, -0.2) is 43.8 Å². The number of anilines is 1. The number of thiazole rings is 1. The maximum Gasteiger partial charge on any atom is 0.311 e. The molecule has 1 aliphatic rings. The summed E-state index contributed by atoms with van der Waals surface area (Å²) in [5, 5.41) is 8.82. The van der Waals surface area contributed by atoms with Gasteiger partial charge in [-0.05, 0) is 6.42 Å². The molecule has 0 aliphatic carbocycles. The number of rotatable bonds is 5. The first kappa shape index (κ1) is 18.1. The molecule has 0 aromatic carbocycles. The molecular formula is C14H16N4O7S. The molecule has 4 N–H and O–H groups in total. The lowest BCUT2D eigenvalue weighted by Crippen LogP contribution is -2.30. The monoisotopic (exact) mass is 384 g/mol. The van der Waals surface area contributed by atoms with Gasteiger partial charge in [0, 0.05) is 19.8 Å². The molecule has 12 heteroatoms. The molecule has 1 aliphatic heterocycles. The molecule has 0 spiro atoms. The number of hydrogen-bond acceptors (Lipinski definition) is 9. The van der Waals surface area contributed by atoms with Gasteiger partial charge in [0.2, 0.25) is 5.95 Å². The largest absolute Gasteiger partial charge is 0.481 e. The summed E-state index contributed by atoms with van der Waals surface area (Å²) in [4.78, 5) is 52.3. The minimum Gasteiger partial charge on any atom is -0.481 e. The summed E-state index contributed by atoms with van der Waals surface area (Å²) in [6.07, 6.45) is -2.08. The molecule has 1 fully saturated rings. The van der Waals surface area contributed by atoms with Crippen LogP contribution >= 0.6 is 11.3 Å². The summed E-state index contributed by atoms with van der Waals surface area (Å²) in [7, 11) is 0. The Balaban J connectivity index is 2.02. The van der Waals surface area contributed by atoms with E-state index in [1.54, 1.807) is 0 Å². The van der Waals surface area contributed by atoms with E-state index in [4.69, 9.17) is 20.3 Å². The summed E-state index contributed by atoms with van der Waals surface area (Å²) >= 11 is 0.672. The Kier molecular flexibility index (Phi) is 4.78. The molecule has 140 valence electrons. The molecule has 3 unspecified atom stereocenters. The normalized spacial score (nSPS) is 22.6. The molecule has 0 saturated carbocycles. The van der Waals surface area contributed by atoms with Crippen LogP contribution in [-0.2, 0) is 19.1 Å². The second-order valence-corrected chi connectivity index (χ2v) is 6.77. The van der Waals surface area contributed by atoms with Crippen LogP contribution < -0.4 is 16.2 Å². The third kappa shape index (κ3) is 3.46. The smallest absolute Gasteiger partial charge is 0.311 e. The van der Waals surface area contributed by atoms with Crippen molar-refractivity contribution in [2.75, 3.05) is 5.73 Å². The SMILES string of the molecule is CC(=O)OC1CC(CCC(=O)O)OC1n1c(=O)sc2c(=O)[nH]c(N)nc21. The van der Waals surface area contributed by atoms with Gasteiger partial charge in [-0.2, -0.15) is 4.98 Å². The lowest BCUT2D eigenvalue weighted by molar-refractivity contribution is -0.152. The van der Waals surface area contributed by atoms with Crippen LogP contribution in [0.2, 0.25) is 0 Å². The maximum absolute atomic E-state index is 12.4. The van der Waals surface area contributed by atoms with E-state index in [-0.39, 0.29) is 35.6 Å². The zero-order valence-corrected chi connectivity index (χ0v) is 14.4. The zero-order valence-electron chi connectivity index (χ0n) is 13.6. The average Bonchev–Trinajstić information content (AvgIpc) is 3.05. The molecule has 0 bridgehead atoms. The highest BCUT2D eigenvalue weighted by molar-refractivity contribution is 7.16. The Morgan fingerprint density at radius 1 is 1.50 bits per heavy atom. The van der Waals surface area contributed by atoms with Crippen LogP contribution in [0, 0.1) is 0 Å². The zero-order chi connectivity index (χ0) is 19.0. The van der Waals surface area contributed by atoms with Crippen molar-refractivity contribution in [1.82, 2.24) is 14.5 Å². The van der Waals surface area contributed by atoms with Gasteiger partial charge in [-0.15, -0.1) is 0 Å². The lowest BCUT2D eigenvalue weighted by atomic mass is 10.1. The van der Waals surface area contributed by atoms with E-state index in [0.717, 1.165) is 4.57 Å². The van der Waals surface area contributed by atoms with Gasteiger partial charge in [-0.3, -0.25) is 28.7 Å². The highest BCUT2D eigenvalue weighted by Crippen LogP contribution is 2.34. The Hall–Kier alpha value is -2.73. The van der Waals surface area contributed by atoms with Crippen molar-refractivity contribution in [2.45, 2.75) is 44.6 Å². The summed E-state index contributed by atoms with van der Waals surface area (Å²) in [5.41, 5.74) is 5.03. The number of aromatic amines is 1. The van der Waals surface area contributed by atoms with Gasteiger partial charge in [0.05, 0.1) is 6.10 Å². The van der Waals surface area contributed by atoms with Crippen molar-refractivity contribution in [3.05, 3.63) is 20.0 Å². The number of nitrogens with one attached hydrogen (secondary N) is 1. The van der Waals surface area contributed by atoms with Gasteiger partial charge in [-0.1, -0.05) is 11.3 Å². The van der Waals surface area contributed by atoms with E-state index in [0.29, 0.717) is 11.3 Å². The topological polar surface area (TPSA) is 167 Å². The number of nitrogens with two attached hydrogens (primary N) is 1. The molecule has 2 aromatic rings. The number of aromatic nitrogens is 3. The van der Waals surface area contributed by atoms with Gasteiger partial charge >= 0.3 is 16.8 Å². The number of carboxylic acids is 1. The fourth-order valence-corrected chi connectivity index (χ4v) is 3.75. The summed E-state index contributed by atoms with van der Waals surface area (Å²) in [6, 6.07) is 0. The molecule has 0 amide bonds. The van der Waals surface area contributed by atoms with Crippen molar-refractivity contribution in [3.63, 3.8) is 0 Å². The van der Waals surface area contributed by atoms with Crippen molar-refractivity contribution < 1.29 is 24.2 Å². The highest BCUT2D eigenvalue weighted by Gasteiger charge is 2.40. The Morgan fingerprint density at radius 3 is 2.88 bits per heavy atom. The number of nitrogens with zero attached hydrogens (tertiary/aromatic N) is 2. The minimum absolute atomic E-state index is 0.0299. The molecule has 3 heterocycles. The van der Waals surface area contributed by atoms with E-state index in [1.807, 2.05) is 0 Å². The standard InChI is InChI=1S/C14H16N4O7S/c1-5(19)24-7-4-6(2-3-8(20)21)25-12(7)18-10-9(26-14(18)23)11(22)17-13(15)16-10/h6-7,12H,2-4H2,1H3,(H,20,21)(H3,15,16,17,22). The van der Waals surface area contributed by atoms with E-state index in [9.17, 15) is 19.2 Å². The first-order chi connectivity index (χ1) is 12.3. The number of H-pyrrole nitrogens is 1. The molecule has 3 rings (SSSR count). The predicted molar refractivity (Wildman–Crippen MR) is 89.9 cm³/mol. The minimum atomic E-state index is -1.02. The number of esters is 1. The number of fused-ring (bicyclic) bond motifs is 1. The molecule has 2 aromatic heterocycles. The van der Waals surface area contributed by atoms with Gasteiger partial charge in [-0.25, -0.2) is 0 Å². The molecule has 26 heavy (non-hydrogen) atoms. The molecule has 3 atom stereocenters. The van der Waals surface area contributed by atoms with E-state index in [2.05, 4.69) is 9.97 Å². The third-order valence-electron chi connectivity index (χ3n) is 3.89. The van der Waals surface area contributed by atoms with Crippen molar-refractivity contribution >= 4 is 39.6 Å². The van der Waals surface area contributed by atoms with Crippen LogP contribution in [0.4, 0.5) is 5.95 Å². The first-order valence-electron chi connectivity index (χ1n) is 7.71. The molecule has 11 nitrogen and oxygen atoms in total. The number of ether oxygens (including phenoxy) is 2. The number of aliphatic carboxylic acids is 1. The number of carboxylic acid groups (broad SMARTS) is 1. The van der Waals surface area contributed by atoms with Crippen molar-refractivity contribution in [1.29, 1.82) is 0 Å². The van der Waals surface area contributed by atoms with Crippen molar-refractivity contribution in [2.24, 2.45) is 0 Å². The van der Waals surface area contributed by atoms with E-state index < -0.39 is 40.8 Å². The Bertz CT molecular complexity index is 978. The molecule has 1 saturated heterocycles. The highest BCUT2D eigenvalue weighted by atomic mass is 32.1.